The first-order valence-electron chi connectivity index (χ1n) is 2.35. The molecule has 0 aliphatic heterocycles. The fraction of sp³-hybridized carbons (Fsp3) is 0. The van der Waals surface area contributed by atoms with E-state index >= 15 is 0 Å². The third kappa shape index (κ3) is 925. The van der Waals surface area contributed by atoms with Gasteiger partial charge in [-0.3, -0.25) is 0 Å². The van der Waals surface area contributed by atoms with Crippen LogP contribution >= 0.6 is 23.5 Å². The van der Waals surface area contributed by atoms with Gasteiger partial charge in [-0.15, -0.1) is 0 Å². The molecule has 9 N–H and O–H groups in total. The van der Waals surface area contributed by atoms with E-state index in [1.807, 2.05) is 0 Å². The third-order valence-electron chi connectivity index (χ3n) is 0. The topological polar surface area (TPSA) is 233 Å². The van der Waals surface area contributed by atoms with Gasteiger partial charge in [-0.25, -0.2) is 13.7 Å². The fourth-order valence-electron chi connectivity index (χ4n) is 0. The Morgan fingerprint density at radius 1 is 0.438 bits per heavy atom. The molecule has 0 amide bonds. The molecule has 97 valence electrons. The zero-order chi connectivity index (χ0) is 13.5. The van der Waals surface area contributed by atoms with Crippen LogP contribution in [-0.4, -0.2) is 95.4 Å². The number of phosphoric acid groups is 3. The van der Waals surface area contributed by atoms with E-state index in [1.54, 1.807) is 0 Å². The van der Waals surface area contributed by atoms with Crippen molar-refractivity contribution in [3.8, 4) is 0 Å². The van der Waals surface area contributed by atoms with Crippen LogP contribution in [0.25, 0.3) is 0 Å². The van der Waals surface area contributed by atoms with Gasteiger partial charge in [-0.1, -0.05) is 0 Å². The van der Waals surface area contributed by atoms with Gasteiger partial charge in [0, 0.05) is 51.4 Å². The summed E-state index contributed by atoms with van der Waals surface area (Å²) in [6, 6.07) is 0. The molecule has 1 radical (unpaired) electrons. The van der Waals surface area contributed by atoms with Crippen LogP contribution in [0.4, 0.5) is 0 Å². The Hall–Kier alpha value is 1.97. The van der Waals surface area contributed by atoms with Crippen LogP contribution in [0.15, 0.2) is 0 Å². The van der Waals surface area contributed by atoms with E-state index in [0.717, 1.165) is 0 Å². The average Bonchev–Trinajstić information content (AvgIpc) is 1.41. The van der Waals surface area contributed by atoms with Crippen molar-refractivity contribution in [1.82, 2.24) is 0 Å². The first-order valence-corrected chi connectivity index (χ1v) is 7.04. The van der Waals surface area contributed by atoms with E-state index < -0.39 is 23.5 Å². The summed E-state index contributed by atoms with van der Waals surface area (Å²) < 4.78 is 26.6. The van der Waals surface area contributed by atoms with Crippen molar-refractivity contribution in [2.45, 2.75) is 0 Å². The minimum absolute atomic E-state index is 0. The van der Waals surface area contributed by atoms with Gasteiger partial charge in [0.15, 0.2) is 0 Å². The summed E-state index contributed by atoms with van der Waals surface area (Å²) in [6.45, 7) is 0. The van der Waals surface area contributed by atoms with Crippen molar-refractivity contribution in [3.05, 3.63) is 0 Å². The zero-order valence-corrected chi connectivity index (χ0v) is 13.4. The molecular formula is H9KO12P3. The van der Waals surface area contributed by atoms with E-state index in [0.29, 0.717) is 0 Å². The molecule has 0 aromatic carbocycles. The van der Waals surface area contributed by atoms with Crippen molar-refractivity contribution in [2.75, 3.05) is 0 Å². The van der Waals surface area contributed by atoms with E-state index in [2.05, 4.69) is 0 Å². The smallest absolute Gasteiger partial charge is 0.303 e. The number of hydrogen-bond acceptors (Lipinski definition) is 3. The third-order valence-corrected chi connectivity index (χ3v) is 0. The van der Waals surface area contributed by atoms with Crippen molar-refractivity contribution in [2.24, 2.45) is 0 Å². The van der Waals surface area contributed by atoms with Gasteiger partial charge < -0.3 is 44.0 Å². The molecule has 0 aromatic heterocycles. The van der Waals surface area contributed by atoms with Crippen molar-refractivity contribution in [1.29, 1.82) is 0 Å². The van der Waals surface area contributed by atoms with Crippen LogP contribution in [-0.2, 0) is 13.7 Å². The molecule has 0 aliphatic carbocycles. The summed E-state index contributed by atoms with van der Waals surface area (Å²) in [5.74, 6) is 0. The standard InChI is InChI=1S/K.3H3O4P/c;3*1-5(2,3)4/h;3*(H3,1,2,3,4). The average molecular weight is 333 g/mol. The van der Waals surface area contributed by atoms with E-state index in [1.165, 1.54) is 0 Å². The van der Waals surface area contributed by atoms with Crippen LogP contribution in [0.5, 0.6) is 0 Å². The Bertz CT molecular complexity index is 202. The molecule has 0 bridgehead atoms. The predicted octanol–water partition coefficient (Wildman–Crippen LogP) is -3.17. The van der Waals surface area contributed by atoms with Crippen LogP contribution in [0.2, 0.25) is 0 Å². The van der Waals surface area contributed by atoms with Crippen molar-refractivity contribution >= 4 is 74.9 Å². The van der Waals surface area contributed by atoms with Gasteiger partial charge in [0.1, 0.15) is 0 Å². The van der Waals surface area contributed by atoms with Crippen LogP contribution < -0.4 is 0 Å². The molecule has 16 heavy (non-hydrogen) atoms. The molecule has 0 aliphatic rings. The number of hydrogen-bond donors (Lipinski definition) is 9. The molecule has 0 rings (SSSR count). The quantitative estimate of drug-likeness (QED) is 0.158. The summed E-state index contributed by atoms with van der Waals surface area (Å²) in [7, 11) is -13.9. The number of rotatable bonds is 0. The Kier molecular flexibility index (Phi) is 18.0. The van der Waals surface area contributed by atoms with E-state index in [-0.39, 0.29) is 51.4 Å². The Balaban J connectivity index is -0.0000000655. The van der Waals surface area contributed by atoms with Crippen LogP contribution in [0.1, 0.15) is 0 Å². The van der Waals surface area contributed by atoms with Crippen LogP contribution in [0, 0.1) is 0 Å². The molecule has 0 aromatic rings. The first kappa shape index (κ1) is 26.5. The van der Waals surface area contributed by atoms with Crippen molar-refractivity contribution in [3.63, 3.8) is 0 Å². The molecule has 0 fully saturated rings. The second-order valence-electron chi connectivity index (χ2n) is 1.54. The maximum absolute atomic E-state index is 8.88. The summed E-state index contributed by atoms with van der Waals surface area (Å²) >= 11 is 0. The fourth-order valence-corrected chi connectivity index (χ4v) is 0. The van der Waals surface area contributed by atoms with Gasteiger partial charge >= 0.3 is 23.5 Å². The van der Waals surface area contributed by atoms with Gasteiger partial charge in [0.05, 0.1) is 0 Å². The minimum Gasteiger partial charge on any atom is -0.303 e. The molecule has 0 unspecified atom stereocenters. The second kappa shape index (κ2) is 10.8. The second-order valence-corrected chi connectivity index (χ2v) is 4.62. The molecule has 0 atom stereocenters. The van der Waals surface area contributed by atoms with Crippen LogP contribution in [0.3, 0.4) is 0 Å². The molecule has 12 nitrogen and oxygen atoms in total. The summed E-state index contributed by atoms with van der Waals surface area (Å²) in [5, 5.41) is 0. The summed E-state index contributed by atoms with van der Waals surface area (Å²) in [6.07, 6.45) is 0. The van der Waals surface area contributed by atoms with E-state index in [4.69, 9.17) is 57.7 Å². The van der Waals surface area contributed by atoms with Gasteiger partial charge in [-0.2, -0.15) is 0 Å². The normalized spacial score (nSPS) is 11.1. The molecule has 0 saturated heterocycles. The minimum atomic E-state index is -4.64. The van der Waals surface area contributed by atoms with Gasteiger partial charge in [0.2, 0.25) is 0 Å². The zero-order valence-electron chi connectivity index (χ0n) is 7.59. The summed E-state index contributed by atoms with van der Waals surface area (Å²) in [5.41, 5.74) is 0. The molecule has 0 saturated carbocycles. The molecule has 16 heteroatoms. The predicted molar refractivity (Wildman–Crippen MR) is 48.5 cm³/mol. The molecule has 0 heterocycles. The maximum atomic E-state index is 8.88. The monoisotopic (exact) mass is 333 g/mol. The first-order chi connectivity index (χ1) is 6.00. The molecule has 0 spiro atoms. The van der Waals surface area contributed by atoms with Gasteiger partial charge in [0.25, 0.3) is 0 Å². The largest absolute Gasteiger partial charge is 0.466 e. The Morgan fingerprint density at radius 2 is 0.438 bits per heavy atom. The Labute approximate surface area is 131 Å². The summed E-state index contributed by atoms with van der Waals surface area (Å²) in [4.78, 5) is 64.7. The van der Waals surface area contributed by atoms with Crippen molar-refractivity contribution < 1.29 is 57.7 Å². The SMILES string of the molecule is O=P(O)(O)O.O=P(O)(O)O.O=P(O)(O)O.[K]. The van der Waals surface area contributed by atoms with E-state index in [9.17, 15) is 0 Å². The Morgan fingerprint density at radius 3 is 0.438 bits per heavy atom. The maximum Gasteiger partial charge on any atom is 0.466 e. The van der Waals surface area contributed by atoms with Gasteiger partial charge in [-0.05, 0) is 0 Å². The molecular weight excluding hydrogens is 324 g/mol.